The molecule has 1 aliphatic carbocycles. The fourth-order valence-electron chi connectivity index (χ4n) is 4.27. The summed E-state index contributed by atoms with van der Waals surface area (Å²) in [5.41, 5.74) is 3.83. The predicted molar refractivity (Wildman–Crippen MR) is 111 cm³/mol. The first-order valence-corrected chi connectivity index (χ1v) is 10.1. The molecule has 0 aromatic carbocycles. The summed E-state index contributed by atoms with van der Waals surface area (Å²) in [5.74, 6) is -0.891. The molecule has 9 heteroatoms. The van der Waals surface area contributed by atoms with Crippen molar-refractivity contribution in [3.8, 4) is 0 Å². The molecule has 3 heterocycles. The number of ether oxygens (including phenoxy) is 1. The van der Waals surface area contributed by atoms with Crippen molar-refractivity contribution < 1.29 is 19.0 Å². The van der Waals surface area contributed by atoms with Gasteiger partial charge < -0.3 is 19.1 Å². The van der Waals surface area contributed by atoms with Gasteiger partial charge in [0.25, 0.3) is 0 Å². The third-order valence-corrected chi connectivity index (χ3v) is 5.77. The van der Waals surface area contributed by atoms with E-state index >= 15 is 0 Å². The van der Waals surface area contributed by atoms with Crippen LogP contribution in [-0.4, -0.2) is 51.7 Å². The fourth-order valence-corrected chi connectivity index (χ4v) is 4.44. The Kier molecular flexibility index (Phi) is 5.87. The van der Waals surface area contributed by atoms with Crippen molar-refractivity contribution in [1.82, 2.24) is 14.4 Å². The van der Waals surface area contributed by atoms with Crippen molar-refractivity contribution in [2.75, 3.05) is 25.2 Å². The minimum absolute atomic E-state index is 0.0282. The molecule has 30 heavy (non-hydrogen) atoms. The summed E-state index contributed by atoms with van der Waals surface area (Å²) in [4.78, 5) is 21.8. The summed E-state index contributed by atoms with van der Waals surface area (Å²) >= 11 is 6.23. The van der Waals surface area contributed by atoms with Crippen LogP contribution in [-0.2, 0) is 28.8 Å². The molecule has 3 aromatic rings. The average molecular weight is 433 g/mol. The van der Waals surface area contributed by atoms with Crippen LogP contribution in [0.3, 0.4) is 0 Å². The number of rotatable bonds is 7. The van der Waals surface area contributed by atoms with Crippen LogP contribution in [0, 0.1) is 5.82 Å². The van der Waals surface area contributed by atoms with E-state index in [-0.39, 0.29) is 12.5 Å². The lowest BCUT2D eigenvalue weighted by molar-refractivity contribution is -0.136. The first kappa shape index (κ1) is 20.6. The zero-order valence-corrected chi connectivity index (χ0v) is 17.3. The van der Waals surface area contributed by atoms with Gasteiger partial charge in [0.2, 0.25) is 5.95 Å². The highest BCUT2D eigenvalue weighted by atomic mass is 35.5. The van der Waals surface area contributed by atoms with Crippen molar-refractivity contribution >= 4 is 29.0 Å². The summed E-state index contributed by atoms with van der Waals surface area (Å²) in [6.07, 6.45) is 6.32. The normalized spacial score (nSPS) is 15.9. The van der Waals surface area contributed by atoms with Crippen molar-refractivity contribution in [2.24, 2.45) is 0 Å². The Hall–Kier alpha value is -2.71. The Morgan fingerprint density at radius 2 is 2.17 bits per heavy atom. The topological polar surface area (TPSA) is 80.0 Å². The monoisotopic (exact) mass is 432 g/mol. The van der Waals surface area contributed by atoms with Gasteiger partial charge in [-0.2, -0.15) is 0 Å². The number of anilines is 1. The molecule has 158 valence electrons. The van der Waals surface area contributed by atoms with Crippen LogP contribution in [0.2, 0.25) is 5.02 Å². The molecule has 1 unspecified atom stereocenters. The molecule has 7 nitrogen and oxygen atoms in total. The number of hydrogen-bond acceptors (Lipinski definition) is 5. The van der Waals surface area contributed by atoms with E-state index in [0.29, 0.717) is 30.5 Å². The van der Waals surface area contributed by atoms with Gasteiger partial charge >= 0.3 is 5.97 Å². The maximum atomic E-state index is 13.3. The molecule has 1 N–H and O–H groups in total. The number of methoxy groups -OCH3 is 1. The lowest BCUT2D eigenvalue weighted by atomic mass is 9.89. The summed E-state index contributed by atoms with van der Waals surface area (Å²) in [6.45, 7) is 1.04. The Balaban J connectivity index is 1.73. The van der Waals surface area contributed by atoms with E-state index in [1.807, 2.05) is 21.6 Å². The van der Waals surface area contributed by atoms with E-state index in [9.17, 15) is 14.3 Å². The maximum Gasteiger partial charge on any atom is 0.307 e. The van der Waals surface area contributed by atoms with Crippen molar-refractivity contribution in [1.29, 1.82) is 0 Å². The van der Waals surface area contributed by atoms with Gasteiger partial charge in [-0.15, -0.1) is 0 Å². The number of carboxylic acids is 1. The highest BCUT2D eigenvalue weighted by Gasteiger charge is 2.31. The van der Waals surface area contributed by atoms with Crippen LogP contribution >= 0.6 is 11.6 Å². The van der Waals surface area contributed by atoms with Crippen LogP contribution in [0.1, 0.15) is 23.2 Å². The van der Waals surface area contributed by atoms with Crippen molar-refractivity contribution in [3.05, 3.63) is 58.4 Å². The lowest BCUT2D eigenvalue weighted by Gasteiger charge is -2.34. The molecule has 0 amide bonds. The highest BCUT2D eigenvalue weighted by Crippen LogP contribution is 2.34. The van der Waals surface area contributed by atoms with Crippen LogP contribution in [0.25, 0.3) is 5.52 Å². The third kappa shape index (κ3) is 3.97. The molecule has 4 rings (SSSR count). The van der Waals surface area contributed by atoms with E-state index in [0.717, 1.165) is 47.6 Å². The van der Waals surface area contributed by atoms with Gasteiger partial charge in [-0.25, -0.2) is 14.4 Å². The van der Waals surface area contributed by atoms with Gasteiger partial charge in [0.15, 0.2) is 5.82 Å². The van der Waals surface area contributed by atoms with Gasteiger partial charge in [-0.1, -0.05) is 11.6 Å². The second kappa shape index (κ2) is 8.57. The maximum absolute atomic E-state index is 13.3. The number of aliphatic carboxylic acids is 1. The van der Waals surface area contributed by atoms with E-state index in [1.54, 1.807) is 13.2 Å². The number of nitrogens with zero attached hydrogens (tertiary/aromatic N) is 4. The first-order valence-electron chi connectivity index (χ1n) is 9.73. The van der Waals surface area contributed by atoms with Gasteiger partial charge in [0.05, 0.1) is 30.4 Å². The Morgan fingerprint density at radius 3 is 2.87 bits per heavy atom. The summed E-state index contributed by atoms with van der Waals surface area (Å²) < 4.78 is 20.6. The fraction of sp³-hybridized carbons (Fsp3) is 0.381. The molecular weight excluding hydrogens is 411 g/mol. The second-order valence-corrected chi connectivity index (χ2v) is 7.80. The smallest absolute Gasteiger partial charge is 0.307 e. The molecule has 0 spiro atoms. The minimum atomic E-state index is -0.858. The molecule has 0 bridgehead atoms. The number of carbonyl (C=O) groups is 1. The third-order valence-electron chi connectivity index (χ3n) is 5.55. The van der Waals surface area contributed by atoms with Crippen LogP contribution < -0.4 is 4.90 Å². The Bertz CT molecular complexity index is 1070. The molecular formula is C21H22ClFN4O3. The standard InChI is InChI=1S/C21H22ClFN4O3/c1-30-7-6-26(21-24-10-14(23)11-25-21)15-3-4-16-17(9-20(28)29)18-5-2-13(22)12-27(18)19(16)8-15/h2,5,10-12,15H,3-4,6-9H2,1H3,(H,28,29). The van der Waals surface area contributed by atoms with Gasteiger partial charge in [0, 0.05) is 43.5 Å². The van der Waals surface area contributed by atoms with Crippen molar-refractivity contribution in [2.45, 2.75) is 31.7 Å². The highest BCUT2D eigenvalue weighted by molar-refractivity contribution is 6.30. The molecule has 0 saturated carbocycles. The molecule has 0 fully saturated rings. The van der Waals surface area contributed by atoms with Crippen molar-refractivity contribution in [3.63, 3.8) is 0 Å². The number of fused-ring (bicyclic) bond motifs is 3. The SMILES string of the molecule is COCCN(c1ncc(F)cn1)C1CCc2c(CC(=O)O)c3ccc(Cl)cn3c2C1. The molecule has 0 aliphatic heterocycles. The summed E-state index contributed by atoms with van der Waals surface area (Å²) in [6, 6.07) is 3.72. The number of pyridine rings is 1. The molecule has 3 aromatic heterocycles. The Morgan fingerprint density at radius 1 is 1.40 bits per heavy atom. The number of hydrogen-bond donors (Lipinski definition) is 1. The van der Waals surface area contributed by atoms with E-state index in [2.05, 4.69) is 9.97 Å². The lowest BCUT2D eigenvalue weighted by Crippen LogP contribution is -2.42. The summed E-state index contributed by atoms with van der Waals surface area (Å²) in [7, 11) is 1.63. The number of aromatic nitrogens is 3. The molecule has 0 saturated heterocycles. The largest absolute Gasteiger partial charge is 0.481 e. The predicted octanol–water partition coefficient (Wildman–Crippen LogP) is 3.16. The Labute approximate surface area is 178 Å². The van der Waals surface area contributed by atoms with E-state index in [1.165, 1.54) is 0 Å². The second-order valence-electron chi connectivity index (χ2n) is 7.36. The van der Waals surface area contributed by atoms with E-state index in [4.69, 9.17) is 16.3 Å². The van der Waals surface area contributed by atoms with Crippen LogP contribution in [0.15, 0.2) is 30.7 Å². The molecule has 1 aliphatic rings. The quantitative estimate of drug-likeness (QED) is 0.617. The number of halogens is 2. The van der Waals surface area contributed by atoms with Gasteiger partial charge in [0.1, 0.15) is 0 Å². The zero-order valence-electron chi connectivity index (χ0n) is 16.5. The number of carboxylic acid groups (broad SMARTS) is 1. The van der Waals surface area contributed by atoms with Gasteiger partial charge in [-0.05, 0) is 36.1 Å². The first-order chi connectivity index (χ1) is 14.5. The van der Waals surface area contributed by atoms with Gasteiger partial charge in [-0.3, -0.25) is 4.79 Å². The summed E-state index contributed by atoms with van der Waals surface area (Å²) in [5, 5.41) is 9.99. The molecule has 0 radical (unpaired) electrons. The zero-order chi connectivity index (χ0) is 21.3. The average Bonchev–Trinajstić information content (AvgIpc) is 3.01. The minimum Gasteiger partial charge on any atom is -0.481 e. The van der Waals surface area contributed by atoms with E-state index < -0.39 is 11.8 Å². The van der Waals surface area contributed by atoms with Crippen LogP contribution in [0.5, 0.6) is 0 Å². The molecule has 1 atom stereocenters. The van der Waals surface area contributed by atoms with Crippen LogP contribution in [0.4, 0.5) is 10.3 Å².